The molecule has 20 heavy (non-hydrogen) atoms. The molecule has 0 fully saturated rings. The van der Waals surface area contributed by atoms with Crippen LogP contribution in [0.4, 0.5) is 10.1 Å². The first-order valence-electron chi connectivity index (χ1n) is 5.49. The van der Waals surface area contributed by atoms with Crippen molar-refractivity contribution in [3.63, 3.8) is 0 Å². The Morgan fingerprint density at radius 1 is 1.55 bits per heavy atom. The molecule has 0 saturated carbocycles. The van der Waals surface area contributed by atoms with Crippen LogP contribution in [0.5, 0.6) is 11.6 Å². The van der Waals surface area contributed by atoms with Gasteiger partial charge in [-0.15, -0.1) is 0 Å². The first-order valence-corrected chi connectivity index (χ1v) is 5.49. The monoisotopic (exact) mass is 276 g/mol. The number of ether oxygens (including phenoxy) is 1. The maximum Gasteiger partial charge on any atom is 0.353 e. The molecule has 8 heteroatoms. The predicted octanol–water partition coefficient (Wildman–Crippen LogP) is 2.44. The molecule has 1 heterocycles. The highest BCUT2D eigenvalue weighted by atomic mass is 19.1. The molecule has 0 saturated heterocycles. The highest BCUT2D eigenvalue weighted by Crippen LogP contribution is 2.34. The minimum atomic E-state index is -0.780. The summed E-state index contributed by atoms with van der Waals surface area (Å²) in [6.07, 6.45) is 0. The summed E-state index contributed by atoms with van der Waals surface area (Å²) in [5.41, 5.74) is -0.0247. The molecule has 0 radical (unpaired) electrons. The van der Waals surface area contributed by atoms with E-state index in [0.717, 1.165) is 10.7 Å². The lowest BCUT2D eigenvalue weighted by Crippen LogP contribution is -1.99. The van der Waals surface area contributed by atoms with Gasteiger partial charge >= 0.3 is 5.69 Å². The molecule has 0 aliphatic rings. The van der Waals surface area contributed by atoms with Crippen LogP contribution >= 0.6 is 0 Å². The standard InChI is InChI=1S/C12H9FN4O3/c1-7-11(17(18)19)12(16(2)15-7)20-10-4-3-8(6-14)5-9(10)13/h3-5H,1-2H3. The molecular formula is C12H9FN4O3. The lowest BCUT2D eigenvalue weighted by atomic mass is 10.2. The molecule has 0 unspecified atom stereocenters. The van der Waals surface area contributed by atoms with Gasteiger partial charge in [0.25, 0.3) is 5.88 Å². The minimum Gasteiger partial charge on any atom is -0.431 e. The van der Waals surface area contributed by atoms with Crippen LogP contribution < -0.4 is 4.74 Å². The van der Waals surface area contributed by atoms with Crippen LogP contribution in [0.25, 0.3) is 0 Å². The SMILES string of the molecule is Cc1nn(C)c(Oc2ccc(C#N)cc2F)c1[N+](=O)[O-]. The molecule has 1 aromatic heterocycles. The molecule has 1 aromatic carbocycles. The van der Waals surface area contributed by atoms with Crippen molar-refractivity contribution in [1.29, 1.82) is 5.26 Å². The van der Waals surface area contributed by atoms with Crippen LogP contribution in [0.2, 0.25) is 0 Å². The molecule has 0 spiro atoms. The van der Waals surface area contributed by atoms with Gasteiger partial charge < -0.3 is 4.74 Å². The fraction of sp³-hybridized carbons (Fsp3) is 0.167. The van der Waals surface area contributed by atoms with E-state index in [1.54, 1.807) is 6.07 Å². The number of aryl methyl sites for hydroxylation is 2. The molecule has 0 N–H and O–H groups in total. The molecule has 102 valence electrons. The van der Waals surface area contributed by atoms with Crippen molar-refractivity contribution in [3.05, 3.63) is 45.4 Å². The van der Waals surface area contributed by atoms with E-state index in [2.05, 4.69) is 5.10 Å². The summed E-state index contributed by atoms with van der Waals surface area (Å²) < 4.78 is 20.1. The summed E-state index contributed by atoms with van der Waals surface area (Å²) in [5.74, 6) is -1.16. The zero-order valence-electron chi connectivity index (χ0n) is 10.6. The summed E-state index contributed by atoms with van der Waals surface area (Å²) in [6, 6.07) is 5.36. The van der Waals surface area contributed by atoms with Crippen LogP contribution in [-0.2, 0) is 7.05 Å². The third-order valence-corrected chi connectivity index (χ3v) is 2.59. The Morgan fingerprint density at radius 2 is 2.25 bits per heavy atom. The second-order valence-electron chi connectivity index (χ2n) is 3.98. The van der Waals surface area contributed by atoms with Gasteiger partial charge in [0.15, 0.2) is 11.6 Å². The summed E-state index contributed by atoms with van der Waals surface area (Å²) >= 11 is 0. The first-order chi connectivity index (χ1) is 9.43. The van der Waals surface area contributed by atoms with Crippen LogP contribution in [-0.4, -0.2) is 14.7 Å². The topological polar surface area (TPSA) is 94.0 Å². The minimum absolute atomic E-state index is 0.130. The lowest BCUT2D eigenvalue weighted by molar-refractivity contribution is -0.386. The number of hydrogen-bond donors (Lipinski definition) is 0. The van der Waals surface area contributed by atoms with Gasteiger partial charge in [-0.2, -0.15) is 10.4 Å². The molecule has 0 aliphatic heterocycles. The molecule has 0 amide bonds. The van der Waals surface area contributed by atoms with Crippen molar-refractivity contribution in [2.45, 2.75) is 6.92 Å². The average molecular weight is 276 g/mol. The van der Waals surface area contributed by atoms with E-state index in [1.165, 1.54) is 26.1 Å². The molecular weight excluding hydrogens is 267 g/mol. The van der Waals surface area contributed by atoms with E-state index >= 15 is 0 Å². The average Bonchev–Trinajstić information content (AvgIpc) is 2.66. The maximum absolute atomic E-state index is 13.7. The third-order valence-electron chi connectivity index (χ3n) is 2.59. The van der Waals surface area contributed by atoms with E-state index in [4.69, 9.17) is 10.00 Å². The molecule has 2 rings (SSSR count). The summed E-state index contributed by atoms with van der Waals surface area (Å²) in [6.45, 7) is 1.46. The van der Waals surface area contributed by atoms with E-state index in [-0.39, 0.29) is 28.6 Å². The first kappa shape index (κ1) is 13.5. The normalized spacial score (nSPS) is 10.1. The number of halogens is 1. The summed E-state index contributed by atoms with van der Waals surface area (Å²) in [5, 5.41) is 23.5. The zero-order chi connectivity index (χ0) is 14.9. The van der Waals surface area contributed by atoms with Gasteiger partial charge in [0.05, 0.1) is 16.6 Å². The Kier molecular flexibility index (Phi) is 3.35. The lowest BCUT2D eigenvalue weighted by Gasteiger charge is -2.06. The molecule has 0 aliphatic carbocycles. The number of nitrogens with zero attached hydrogens (tertiary/aromatic N) is 4. The fourth-order valence-electron chi connectivity index (χ4n) is 1.71. The van der Waals surface area contributed by atoms with Crippen LogP contribution in [0, 0.1) is 34.2 Å². The molecule has 7 nitrogen and oxygen atoms in total. The largest absolute Gasteiger partial charge is 0.431 e. The van der Waals surface area contributed by atoms with Crippen molar-refractivity contribution in [2.24, 2.45) is 7.05 Å². The Labute approximate surface area is 113 Å². The van der Waals surface area contributed by atoms with Gasteiger partial charge in [0.2, 0.25) is 0 Å². The van der Waals surface area contributed by atoms with Crippen molar-refractivity contribution in [1.82, 2.24) is 9.78 Å². The fourth-order valence-corrected chi connectivity index (χ4v) is 1.71. The van der Waals surface area contributed by atoms with Crippen molar-refractivity contribution < 1.29 is 14.1 Å². The van der Waals surface area contributed by atoms with E-state index in [9.17, 15) is 14.5 Å². The number of hydrogen-bond acceptors (Lipinski definition) is 5. The Bertz CT molecular complexity index is 733. The number of benzene rings is 1. The Hall–Kier alpha value is -2.95. The Balaban J connectivity index is 2.46. The number of nitro groups is 1. The van der Waals surface area contributed by atoms with Crippen molar-refractivity contribution in [3.8, 4) is 17.7 Å². The second-order valence-corrected chi connectivity index (χ2v) is 3.98. The van der Waals surface area contributed by atoms with Gasteiger partial charge in [-0.3, -0.25) is 10.1 Å². The van der Waals surface area contributed by atoms with Gasteiger partial charge in [-0.05, 0) is 25.1 Å². The molecule has 0 bridgehead atoms. The van der Waals surface area contributed by atoms with Gasteiger partial charge in [0, 0.05) is 7.05 Å². The zero-order valence-corrected chi connectivity index (χ0v) is 10.6. The van der Waals surface area contributed by atoms with Gasteiger partial charge in [-0.25, -0.2) is 9.07 Å². The number of rotatable bonds is 3. The highest BCUT2D eigenvalue weighted by molar-refractivity contribution is 5.48. The third kappa shape index (κ3) is 2.29. The summed E-state index contributed by atoms with van der Waals surface area (Å²) in [7, 11) is 1.46. The van der Waals surface area contributed by atoms with Gasteiger partial charge in [-0.1, -0.05) is 0 Å². The smallest absolute Gasteiger partial charge is 0.353 e. The quantitative estimate of drug-likeness (QED) is 0.633. The second kappa shape index (κ2) is 4.97. The maximum atomic E-state index is 13.7. The Morgan fingerprint density at radius 3 is 2.80 bits per heavy atom. The van der Waals surface area contributed by atoms with E-state index in [0.29, 0.717) is 0 Å². The number of aromatic nitrogens is 2. The van der Waals surface area contributed by atoms with Crippen LogP contribution in [0.1, 0.15) is 11.3 Å². The van der Waals surface area contributed by atoms with Gasteiger partial charge in [0.1, 0.15) is 5.69 Å². The van der Waals surface area contributed by atoms with Crippen molar-refractivity contribution in [2.75, 3.05) is 0 Å². The molecule has 0 atom stereocenters. The van der Waals surface area contributed by atoms with Crippen LogP contribution in [0.3, 0.4) is 0 Å². The number of nitriles is 1. The van der Waals surface area contributed by atoms with Crippen LogP contribution in [0.15, 0.2) is 18.2 Å². The predicted molar refractivity (Wildman–Crippen MR) is 65.8 cm³/mol. The summed E-state index contributed by atoms with van der Waals surface area (Å²) in [4.78, 5) is 10.3. The van der Waals surface area contributed by atoms with E-state index in [1.807, 2.05) is 0 Å². The van der Waals surface area contributed by atoms with Crippen molar-refractivity contribution >= 4 is 5.69 Å². The molecule has 2 aromatic rings. The van der Waals surface area contributed by atoms with E-state index < -0.39 is 10.7 Å². The highest BCUT2D eigenvalue weighted by Gasteiger charge is 2.26.